The zero-order valence-corrected chi connectivity index (χ0v) is 20.5. The van der Waals surface area contributed by atoms with E-state index in [1.54, 1.807) is 42.9 Å². The average molecular weight is 478 g/mol. The predicted octanol–water partition coefficient (Wildman–Crippen LogP) is 5.03. The molecule has 0 bridgehead atoms. The van der Waals surface area contributed by atoms with Gasteiger partial charge in [-0.2, -0.15) is 5.10 Å². The zero-order chi connectivity index (χ0) is 23.7. The molecule has 0 aliphatic heterocycles. The van der Waals surface area contributed by atoms with Gasteiger partial charge in [-0.1, -0.05) is 25.1 Å². The Bertz CT molecular complexity index is 1360. The molecule has 34 heavy (non-hydrogen) atoms. The number of nitrogens with zero attached hydrogens (tertiary/aromatic N) is 4. The van der Waals surface area contributed by atoms with Gasteiger partial charge in [-0.25, -0.2) is 17.4 Å². The number of aromatic amines is 1. The molecule has 1 fully saturated rings. The van der Waals surface area contributed by atoms with Gasteiger partial charge >= 0.3 is 0 Å². The third kappa shape index (κ3) is 4.16. The van der Waals surface area contributed by atoms with E-state index in [0.29, 0.717) is 17.6 Å². The molecule has 0 unspecified atom stereocenters. The Morgan fingerprint density at radius 2 is 1.88 bits per heavy atom. The van der Waals surface area contributed by atoms with E-state index in [4.69, 9.17) is 4.98 Å². The first-order valence-corrected chi connectivity index (χ1v) is 13.4. The molecule has 1 aliphatic rings. The fourth-order valence-electron chi connectivity index (χ4n) is 5.22. The van der Waals surface area contributed by atoms with Crippen molar-refractivity contribution < 1.29 is 8.42 Å². The first-order valence-electron chi connectivity index (χ1n) is 12.0. The van der Waals surface area contributed by atoms with Crippen LogP contribution in [0.4, 0.5) is 0 Å². The Morgan fingerprint density at radius 3 is 2.56 bits per heavy atom. The number of benzene rings is 1. The summed E-state index contributed by atoms with van der Waals surface area (Å²) in [5, 5.41) is 7.76. The van der Waals surface area contributed by atoms with Crippen molar-refractivity contribution in [3.8, 4) is 11.1 Å². The van der Waals surface area contributed by atoms with Crippen LogP contribution < -0.4 is 0 Å². The van der Waals surface area contributed by atoms with Gasteiger partial charge in [-0.15, -0.1) is 0 Å². The quantitative estimate of drug-likeness (QED) is 0.404. The van der Waals surface area contributed by atoms with Gasteiger partial charge in [0.2, 0.25) is 0 Å². The summed E-state index contributed by atoms with van der Waals surface area (Å²) >= 11 is 0. The third-order valence-corrected chi connectivity index (χ3v) is 8.77. The normalized spacial score (nSPS) is 19.1. The van der Waals surface area contributed by atoms with Crippen LogP contribution in [0.3, 0.4) is 0 Å². The summed E-state index contributed by atoms with van der Waals surface area (Å²) in [6, 6.07) is 11.3. The number of H-pyrrole nitrogens is 1. The van der Waals surface area contributed by atoms with Gasteiger partial charge in [0.15, 0.2) is 5.65 Å². The van der Waals surface area contributed by atoms with E-state index in [2.05, 4.69) is 35.1 Å². The van der Waals surface area contributed by atoms with Gasteiger partial charge < -0.3 is 4.90 Å². The monoisotopic (exact) mass is 477 g/mol. The molecule has 3 aromatic heterocycles. The number of rotatable bonds is 7. The molecule has 178 valence electrons. The Kier molecular flexibility index (Phi) is 6.27. The van der Waals surface area contributed by atoms with Gasteiger partial charge in [0.1, 0.15) is 0 Å². The van der Waals surface area contributed by atoms with Crippen molar-refractivity contribution in [2.24, 2.45) is 0 Å². The van der Waals surface area contributed by atoms with E-state index in [1.807, 2.05) is 12.3 Å². The van der Waals surface area contributed by atoms with Crippen LogP contribution in [0, 0.1) is 0 Å². The van der Waals surface area contributed by atoms with E-state index < -0.39 is 10.0 Å². The maximum absolute atomic E-state index is 13.5. The van der Waals surface area contributed by atoms with E-state index in [9.17, 15) is 8.42 Å². The molecule has 0 saturated heterocycles. The minimum absolute atomic E-state index is 0.242. The topological polar surface area (TPSA) is 83.9 Å². The van der Waals surface area contributed by atoms with Crippen LogP contribution in [0.15, 0.2) is 66.1 Å². The smallest absolute Gasteiger partial charge is 0.269 e. The minimum atomic E-state index is -3.78. The summed E-state index contributed by atoms with van der Waals surface area (Å²) in [6.45, 7) is 3.37. The van der Waals surface area contributed by atoms with Crippen LogP contribution in [0.25, 0.3) is 22.2 Å². The molecule has 5 rings (SSSR count). The number of hydrogen-bond donors (Lipinski definition) is 1. The van der Waals surface area contributed by atoms with Crippen LogP contribution >= 0.6 is 0 Å². The Balaban J connectivity index is 1.53. The lowest BCUT2D eigenvalue weighted by Gasteiger charge is -2.34. The lowest BCUT2D eigenvalue weighted by atomic mass is 9.81. The van der Waals surface area contributed by atoms with E-state index in [1.165, 1.54) is 28.8 Å². The molecule has 1 aliphatic carbocycles. The van der Waals surface area contributed by atoms with Crippen LogP contribution in [0.2, 0.25) is 0 Å². The molecule has 3 heterocycles. The largest absolute Gasteiger partial charge is 0.303 e. The van der Waals surface area contributed by atoms with Crippen LogP contribution in [-0.2, 0) is 10.0 Å². The van der Waals surface area contributed by atoms with E-state index in [0.717, 1.165) is 35.9 Å². The Labute approximate surface area is 200 Å². The van der Waals surface area contributed by atoms with Gasteiger partial charge in [-0.3, -0.25) is 5.10 Å². The summed E-state index contributed by atoms with van der Waals surface area (Å²) in [6.07, 6.45) is 12.8. The van der Waals surface area contributed by atoms with Crippen molar-refractivity contribution in [2.45, 2.75) is 55.9 Å². The number of hydrogen-bond acceptors (Lipinski definition) is 5. The number of pyridine rings is 1. The summed E-state index contributed by atoms with van der Waals surface area (Å²) in [7, 11) is -1.55. The minimum Gasteiger partial charge on any atom is -0.303 e. The molecule has 8 heteroatoms. The third-order valence-electron chi connectivity index (χ3n) is 7.11. The van der Waals surface area contributed by atoms with Crippen molar-refractivity contribution in [3.05, 3.63) is 66.7 Å². The van der Waals surface area contributed by atoms with Crippen molar-refractivity contribution >= 4 is 21.1 Å². The van der Waals surface area contributed by atoms with Gasteiger partial charge in [-0.05, 0) is 75.4 Å². The second-order valence-electron chi connectivity index (χ2n) is 9.27. The second kappa shape index (κ2) is 9.35. The van der Waals surface area contributed by atoms with Crippen LogP contribution in [0.1, 0.15) is 50.5 Å². The van der Waals surface area contributed by atoms with Crippen LogP contribution in [-0.4, -0.2) is 52.1 Å². The maximum Gasteiger partial charge on any atom is 0.269 e. The molecular formula is C26H31N5O2S. The second-order valence-corrected chi connectivity index (χ2v) is 11.1. The first kappa shape index (κ1) is 22.8. The molecule has 0 atom stereocenters. The fourth-order valence-corrected chi connectivity index (χ4v) is 6.57. The molecule has 1 N–H and O–H groups in total. The lowest BCUT2D eigenvalue weighted by Crippen LogP contribution is -2.35. The van der Waals surface area contributed by atoms with Crippen molar-refractivity contribution in [1.29, 1.82) is 0 Å². The van der Waals surface area contributed by atoms with Crippen molar-refractivity contribution in [3.63, 3.8) is 0 Å². The molecule has 0 amide bonds. The van der Waals surface area contributed by atoms with Gasteiger partial charge in [0.25, 0.3) is 10.0 Å². The van der Waals surface area contributed by atoms with Crippen LogP contribution in [0.5, 0.6) is 0 Å². The standard InChI is InChI=1S/C26H31N5O2S/c1-3-13-30(2)22-11-9-19(10-12-22)20-14-24-25(21-16-28-29-17-21)18-31(26(24)27-15-20)34(32,33)23-7-5-4-6-8-23/h4-8,14-19,22H,3,9-13H2,1-2H3,(H,28,29). The Morgan fingerprint density at radius 1 is 1.12 bits per heavy atom. The molecule has 0 spiro atoms. The summed E-state index contributed by atoms with van der Waals surface area (Å²) in [5.74, 6) is 0.439. The van der Waals surface area contributed by atoms with E-state index in [-0.39, 0.29) is 4.90 Å². The van der Waals surface area contributed by atoms with Gasteiger partial charge in [0.05, 0.1) is 11.1 Å². The highest BCUT2D eigenvalue weighted by Gasteiger charge is 2.27. The van der Waals surface area contributed by atoms with Gasteiger partial charge in [0, 0.05) is 41.1 Å². The molecule has 7 nitrogen and oxygen atoms in total. The summed E-state index contributed by atoms with van der Waals surface area (Å²) in [4.78, 5) is 7.44. The molecule has 1 saturated carbocycles. The van der Waals surface area contributed by atoms with Crippen molar-refractivity contribution in [1.82, 2.24) is 24.1 Å². The molecule has 4 aromatic rings. The maximum atomic E-state index is 13.5. The molecule has 1 aromatic carbocycles. The number of fused-ring (bicyclic) bond motifs is 1. The van der Waals surface area contributed by atoms with Crippen molar-refractivity contribution in [2.75, 3.05) is 13.6 Å². The highest BCUT2D eigenvalue weighted by Crippen LogP contribution is 2.38. The first-order chi connectivity index (χ1) is 16.5. The molecular weight excluding hydrogens is 446 g/mol. The SMILES string of the molecule is CCCN(C)C1CCC(c2cnc3c(c2)c(-c2cn[nH]c2)cn3S(=O)(=O)c2ccccc2)CC1. The average Bonchev–Trinajstić information content (AvgIpc) is 3.53. The number of aromatic nitrogens is 4. The zero-order valence-electron chi connectivity index (χ0n) is 19.7. The highest BCUT2D eigenvalue weighted by atomic mass is 32.2. The predicted molar refractivity (Wildman–Crippen MR) is 134 cm³/mol. The number of nitrogens with one attached hydrogen (secondary N) is 1. The summed E-state index contributed by atoms with van der Waals surface area (Å²) in [5.41, 5.74) is 3.29. The molecule has 0 radical (unpaired) electrons. The Hall–Kier alpha value is -2.97. The van der Waals surface area contributed by atoms with E-state index >= 15 is 0 Å². The highest BCUT2D eigenvalue weighted by molar-refractivity contribution is 7.90. The fraction of sp³-hybridized carbons (Fsp3) is 0.385. The lowest BCUT2D eigenvalue weighted by molar-refractivity contribution is 0.183. The summed E-state index contributed by atoms with van der Waals surface area (Å²) < 4.78 is 28.2.